The van der Waals surface area contributed by atoms with Crippen LogP contribution in [0, 0.1) is 5.92 Å². The summed E-state index contributed by atoms with van der Waals surface area (Å²) in [6, 6.07) is 5.24. The largest absolute Gasteiger partial charge is 0.342 e. The average Bonchev–Trinajstić information content (AvgIpc) is 3.51. The van der Waals surface area contributed by atoms with Gasteiger partial charge in [0.15, 0.2) is 11.2 Å². The number of nitrogens with one attached hydrogen (secondary N) is 1. The molecule has 8 nitrogen and oxygen atoms in total. The van der Waals surface area contributed by atoms with E-state index in [1.165, 1.54) is 0 Å². The first kappa shape index (κ1) is 19.5. The number of aromatic amines is 1. The highest BCUT2D eigenvalue weighted by Crippen LogP contribution is 2.33. The molecule has 0 radical (unpaired) electrons. The normalized spacial score (nSPS) is 17.6. The maximum atomic E-state index is 12.6. The Morgan fingerprint density at radius 1 is 1.17 bits per heavy atom. The van der Waals surface area contributed by atoms with Crippen LogP contribution in [-0.4, -0.2) is 48.9 Å². The molecule has 0 bridgehead atoms. The maximum Gasteiger partial charge on any atom is 0.281 e. The highest BCUT2D eigenvalue weighted by atomic mass is 35.5. The van der Waals surface area contributed by atoms with Crippen LogP contribution in [0.25, 0.3) is 11.2 Å². The molecule has 0 unspecified atom stereocenters. The van der Waals surface area contributed by atoms with Crippen LogP contribution in [0.5, 0.6) is 0 Å². The van der Waals surface area contributed by atoms with Gasteiger partial charge < -0.3 is 9.88 Å². The molecule has 3 aromatic rings. The van der Waals surface area contributed by atoms with E-state index in [1.807, 2.05) is 11.0 Å². The lowest BCUT2D eigenvalue weighted by Crippen LogP contribution is -2.39. The number of fused-ring (bicyclic) bond motifs is 1. The fourth-order valence-corrected chi connectivity index (χ4v) is 4.42. The molecule has 1 saturated heterocycles. The van der Waals surface area contributed by atoms with Crippen molar-refractivity contribution in [2.75, 3.05) is 13.1 Å². The second kappa shape index (κ2) is 7.67. The summed E-state index contributed by atoms with van der Waals surface area (Å²) in [5.74, 6) is 1.22. The van der Waals surface area contributed by atoms with Crippen LogP contribution in [0.2, 0.25) is 10.0 Å². The van der Waals surface area contributed by atoms with E-state index in [-0.39, 0.29) is 28.8 Å². The van der Waals surface area contributed by atoms with Crippen molar-refractivity contribution < 1.29 is 4.79 Å². The molecule has 2 aromatic heterocycles. The third-order valence-electron chi connectivity index (χ3n) is 5.85. The lowest BCUT2D eigenvalue weighted by Gasteiger charge is -2.31. The van der Waals surface area contributed by atoms with Crippen LogP contribution < -0.4 is 5.56 Å². The molecule has 1 amide bonds. The molecule has 1 aromatic carbocycles. The van der Waals surface area contributed by atoms with E-state index in [4.69, 9.17) is 28.2 Å². The second-order valence-corrected chi connectivity index (χ2v) is 8.82. The van der Waals surface area contributed by atoms with Crippen molar-refractivity contribution in [3.8, 4) is 0 Å². The number of H-pyrrole nitrogens is 1. The van der Waals surface area contributed by atoms with Gasteiger partial charge in [0.1, 0.15) is 5.82 Å². The number of hydrogen-bond acceptors (Lipinski definition) is 5. The highest BCUT2D eigenvalue weighted by molar-refractivity contribution is 6.35. The molecule has 1 saturated carbocycles. The molecule has 2 fully saturated rings. The van der Waals surface area contributed by atoms with Crippen molar-refractivity contribution in [2.45, 2.75) is 38.1 Å². The summed E-state index contributed by atoms with van der Waals surface area (Å²) in [5, 5.41) is 9.17. The summed E-state index contributed by atoms with van der Waals surface area (Å²) >= 11 is 12.3. The van der Waals surface area contributed by atoms with Gasteiger partial charge >= 0.3 is 0 Å². The minimum Gasteiger partial charge on any atom is -0.342 e. The Morgan fingerprint density at radius 3 is 2.63 bits per heavy atom. The molecule has 30 heavy (non-hydrogen) atoms. The fraction of sp³-hybridized carbons (Fsp3) is 0.450. The van der Waals surface area contributed by atoms with E-state index in [1.54, 1.807) is 16.8 Å². The number of benzene rings is 1. The molecule has 3 heterocycles. The minimum absolute atomic E-state index is 0.0906. The zero-order valence-corrected chi connectivity index (χ0v) is 17.7. The van der Waals surface area contributed by atoms with Crippen LogP contribution in [0.1, 0.15) is 43.0 Å². The number of piperidine rings is 1. The lowest BCUT2D eigenvalue weighted by molar-refractivity contribution is -0.133. The minimum atomic E-state index is -0.306. The zero-order valence-electron chi connectivity index (χ0n) is 16.1. The second-order valence-electron chi connectivity index (χ2n) is 7.98. The molecular weight excluding hydrogens is 427 g/mol. The summed E-state index contributed by atoms with van der Waals surface area (Å²) in [7, 11) is 0. The first-order valence-electron chi connectivity index (χ1n) is 10.1. The molecule has 1 aliphatic carbocycles. The van der Waals surface area contributed by atoms with Gasteiger partial charge in [0.05, 0.1) is 6.54 Å². The topological polar surface area (TPSA) is 96.8 Å². The van der Waals surface area contributed by atoms with Crippen molar-refractivity contribution in [3.05, 3.63) is 50.0 Å². The van der Waals surface area contributed by atoms with Crippen molar-refractivity contribution in [3.63, 3.8) is 0 Å². The third kappa shape index (κ3) is 3.70. The number of hydrogen-bond donors (Lipinski definition) is 1. The standard InChI is InChI=1S/C20H20Cl2N6O2/c21-14-4-3-13(15(22)9-14)10-28-18-16(25-26-28)19(29)24-17(23-18)11-5-7-27(8-6-11)20(30)12-1-2-12/h3-4,9,11-12H,1-2,5-8,10H2,(H,23,24,29). The van der Waals surface area contributed by atoms with E-state index < -0.39 is 0 Å². The van der Waals surface area contributed by atoms with Gasteiger partial charge in [-0.3, -0.25) is 9.59 Å². The Kier molecular flexibility index (Phi) is 4.99. The van der Waals surface area contributed by atoms with Crippen LogP contribution in [-0.2, 0) is 11.3 Å². The van der Waals surface area contributed by atoms with E-state index in [9.17, 15) is 9.59 Å². The zero-order chi connectivity index (χ0) is 20.8. The Morgan fingerprint density at radius 2 is 1.93 bits per heavy atom. The molecule has 5 rings (SSSR count). The van der Waals surface area contributed by atoms with Gasteiger partial charge in [-0.05, 0) is 43.4 Å². The first-order valence-corrected chi connectivity index (χ1v) is 10.8. The number of aromatic nitrogens is 5. The summed E-state index contributed by atoms with van der Waals surface area (Å²) in [6.07, 6.45) is 3.58. The van der Waals surface area contributed by atoms with E-state index in [0.717, 1.165) is 31.2 Å². The van der Waals surface area contributed by atoms with Crippen molar-refractivity contribution in [1.29, 1.82) is 0 Å². The Bertz CT molecular complexity index is 1180. The number of amides is 1. The van der Waals surface area contributed by atoms with Gasteiger partial charge in [0, 0.05) is 35.0 Å². The van der Waals surface area contributed by atoms with Gasteiger partial charge in [0.25, 0.3) is 5.56 Å². The third-order valence-corrected chi connectivity index (χ3v) is 6.43. The number of carbonyl (C=O) groups is 1. The summed E-state index contributed by atoms with van der Waals surface area (Å²) in [4.78, 5) is 34.3. The Hall–Kier alpha value is -2.45. The number of likely N-dealkylation sites (tertiary alicyclic amines) is 1. The number of halogens is 2. The molecule has 0 spiro atoms. The van der Waals surface area contributed by atoms with E-state index in [2.05, 4.69) is 15.3 Å². The lowest BCUT2D eigenvalue weighted by atomic mass is 9.95. The molecule has 156 valence electrons. The Balaban J connectivity index is 1.40. The van der Waals surface area contributed by atoms with Gasteiger partial charge in [-0.1, -0.05) is 34.5 Å². The molecule has 2 aliphatic rings. The molecular formula is C20H20Cl2N6O2. The summed E-state index contributed by atoms with van der Waals surface area (Å²) < 4.78 is 1.58. The van der Waals surface area contributed by atoms with Crippen molar-refractivity contribution in [2.24, 2.45) is 5.92 Å². The first-order chi connectivity index (χ1) is 14.5. The van der Waals surface area contributed by atoms with Crippen LogP contribution in [0.15, 0.2) is 23.0 Å². The molecule has 10 heteroatoms. The smallest absolute Gasteiger partial charge is 0.281 e. The Labute approximate surface area is 182 Å². The molecule has 1 aliphatic heterocycles. The molecule has 0 atom stereocenters. The molecule has 1 N–H and O–H groups in total. The van der Waals surface area contributed by atoms with Crippen LogP contribution in [0.4, 0.5) is 0 Å². The van der Waals surface area contributed by atoms with E-state index >= 15 is 0 Å². The summed E-state index contributed by atoms with van der Waals surface area (Å²) in [6.45, 7) is 1.72. The summed E-state index contributed by atoms with van der Waals surface area (Å²) in [5.41, 5.74) is 1.13. The van der Waals surface area contributed by atoms with Gasteiger partial charge in [-0.25, -0.2) is 9.67 Å². The highest BCUT2D eigenvalue weighted by Gasteiger charge is 2.35. The van der Waals surface area contributed by atoms with Gasteiger partial charge in [0.2, 0.25) is 5.91 Å². The van der Waals surface area contributed by atoms with Crippen molar-refractivity contribution >= 4 is 40.3 Å². The van der Waals surface area contributed by atoms with E-state index in [0.29, 0.717) is 41.2 Å². The maximum absolute atomic E-state index is 12.6. The number of carbonyl (C=O) groups excluding carboxylic acids is 1. The predicted octanol–water partition coefficient (Wildman–Crippen LogP) is 2.99. The van der Waals surface area contributed by atoms with Crippen LogP contribution in [0.3, 0.4) is 0 Å². The predicted molar refractivity (Wildman–Crippen MR) is 113 cm³/mol. The number of rotatable bonds is 4. The van der Waals surface area contributed by atoms with Gasteiger partial charge in [-0.2, -0.15) is 0 Å². The fourth-order valence-electron chi connectivity index (χ4n) is 3.96. The average molecular weight is 447 g/mol. The quantitative estimate of drug-likeness (QED) is 0.664. The van der Waals surface area contributed by atoms with Gasteiger partial charge in [-0.15, -0.1) is 5.10 Å². The monoisotopic (exact) mass is 446 g/mol. The van der Waals surface area contributed by atoms with Crippen molar-refractivity contribution in [1.82, 2.24) is 29.9 Å². The number of nitrogens with zero attached hydrogens (tertiary/aromatic N) is 5. The van der Waals surface area contributed by atoms with Crippen LogP contribution >= 0.6 is 23.2 Å². The SMILES string of the molecule is O=C(C1CC1)N1CCC(c2nc3c(nnn3Cc3ccc(Cl)cc3Cl)c(=O)[nH]2)CC1.